The molecule has 0 spiro atoms. The fourth-order valence-corrected chi connectivity index (χ4v) is 1.96. The molecule has 0 aliphatic heterocycles. The summed E-state index contributed by atoms with van der Waals surface area (Å²) in [5.74, 6) is 0.253. The lowest BCUT2D eigenvalue weighted by molar-refractivity contribution is 0.0952. The van der Waals surface area contributed by atoms with Crippen LogP contribution in [0.3, 0.4) is 0 Å². The number of nitrogens with one attached hydrogen (secondary N) is 1. The molecule has 0 heterocycles. The van der Waals surface area contributed by atoms with Crippen LogP contribution < -0.4 is 5.32 Å². The summed E-state index contributed by atoms with van der Waals surface area (Å²) in [6.45, 7) is 4.84. The second kappa shape index (κ2) is 7.54. The molecule has 1 amide bonds. The third-order valence-electron chi connectivity index (χ3n) is 2.90. The van der Waals surface area contributed by atoms with E-state index < -0.39 is 0 Å². The highest BCUT2D eigenvalue weighted by Gasteiger charge is 2.07. The molecule has 100 valence electrons. The molecular weight excluding hydrogens is 294 g/mol. The number of benzene rings is 1. The van der Waals surface area contributed by atoms with Gasteiger partial charge < -0.3 is 10.4 Å². The summed E-state index contributed by atoms with van der Waals surface area (Å²) >= 11 is 3.42. The molecule has 1 unspecified atom stereocenters. The first-order chi connectivity index (χ1) is 8.54. The van der Waals surface area contributed by atoms with Gasteiger partial charge in [0.2, 0.25) is 0 Å². The minimum absolute atomic E-state index is 0.0487. The highest BCUT2D eigenvalue weighted by molar-refractivity contribution is 9.10. The minimum Gasteiger partial charge on any atom is -0.396 e. The summed E-state index contributed by atoms with van der Waals surface area (Å²) in [5.41, 5.74) is 1.78. The van der Waals surface area contributed by atoms with Crippen LogP contribution in [0.25, 0.3) is 0 Å². The third kappa shape index (κ3) is 4.78. The van der Waals surface area contributed by atoms with Gasteiger partial charge in [0.1, 0.15) is 0 Å². The monoisotopic (exact) mass is 313 g/mol. The lowest BCUT2D eigenvalue weighted by Crippen LogP contribution is -2.24. The number of carbonyl (C=O) groups excluding carboxylic acids is 1. The Balaban J connectivity index is 2.39. The van der Waals surface area contributed by atoms with Gasteiger partial charge >= 0.3 is 0 Å². The first-order valence-electron chi connectivity index (χ1n) is 6.19. The molecule has 0 aliphatic rings. The maximum atomic E-state index is 11.8. The van der Waals surface area contributed by atoms with E-state index in [1.807, 2.05) is 32.0 Å². The smallest absolute Gasteiger partial charge is 0.251 e. The number of aliphatic hydroxyl groups excluding tert-OH is 1. The Bertz CT molecular complexity index is 407. The fourth-order valence-electron chi connectivity index (χ4n) is 1.58. The molecule has 1 rings (SSSR count). The van der Waals surface area contributed by atoms with Crippen molar-refractivity contribution in [3.05, 3.63) is 33.8 Å². The SMILES string of the molecule is Cc1ccc(C(=O)NCCCC(C)CO)cc1Br. The molecule has 0 saturated carbocycles. The van der Waals surface area contributed by atoms with Gasteiger partial charge in [0.05, 0.1) is 0 Å². The molecule has 0 bridgehead atoms. The van der Waals surface area contributed by atoms with Gasteiger partial charge in [-0.05, 0) is 43.4 Å². The fraction of sp³-hybridized carbons (Fsp3) is 0.500. The molecular formula is C14H20BrNO2. The molecule has 0 aliphatic carbocycles. The van der Waals surface area contributed by atoms with Crippen LogP contribution >= 0.6 is 15.9 Å². The molecule has 0 saturated heterocycles. The quantitative estimate of drug-likeness (QED) is 0.793. The third-order valence-corrected chi connectivity index (χ3v) is 3.76. The normalized spacial score (nSPS) is 12.2. The van der Waals surface area contributed by atoms with Gasteiger partial charge in [-0.2, -0.15) is 0 Å². The lowest BCUT2D eigenvalue weighted by atomic mass is 10.1. The summed E-state index contributed by atoms with van der Waals surface area (Å²) in [4.78, 5) is 11.8. The molecule has 1 aromatic carbocycles. The van der Waals surface area contributed by atoms with Gasteiger partial charge in [0, 0.05) is 23.2 Å². The van der Waals surface area contributed by atoms with E-state index in [4.69, 9.17) is 5.11 Å². The van der Waals surface area contributed by atoms with Crippen LogP contribution in [0.1, 0.15) is 35.7 Å². The van der Waals surface area contributed by atoms with Crippen molar-refractivity contribution in [3.8, 4) is 0 Å². The predicted octanol–water partition coefficient (Wildman–Crippen LogP) is 2.90. The lowest BCUT2D eigenvalue weighted by Gasteiger charge is -2.09. The zero-order valence-corrected chi connectivity index (χ0v) is 12.5. The second-order valence-corrected chi connectivity index (χ2v) is 5.50. The van der Waals surface area contributed by atoms with E-state index in [-0.39, 0.29) is 12.5 Å². The van der Waals surface area contributed by atoms with Gasteiger partial charge in [0.15, 0.2) is 0 Å². The van der Waals surface area contributed by atoms with Crippen LogP contribution in [0.4, 0.5) is 0 Å². The topological polar surface area (TPSA) is 49.3 Å². The van der Waals surface area contributed by atoms with Gasteiger partial charge in [-0.3, -0.25) is 4.79 Å². The predicted molar refractivity (Wildman–Crippen MR) is 76.7 cm³/mol. The van der Waals surface area contributed by atoms with Gasteiger partial charge in [-0.15, -0.1) is 0 Å². The second-order valence-electron chi connectivity index (χ2n) is 4.65. The Hall–Kier alpha value is -0.870. The Morgan fingerprint density at radius 2 is 2.22 bits per heavy atom. The molecule has 3 nitrogen and oxygen atoms in total. The van der Waals surface area contributed by atoms with Crippen LogP contribution in [-0.2, 0) is 0 Å². The van der Waals surface area contributed by atoms with Crippen LogP contribution in [0.5, 0.6) is 0 Å². The van der Waals surface area contributed by atoms with Crippen molar-refractivity contribution in [1.29, 1.82) is 0 Å². The minimum atomic E-state index is -0.0487. The van der Waals surface area contributed by atoms with Crippen molar-refractivity contribution in [3.63, 3.8) is 0 Å². The summed E-state index contributed by atoms with van der Waals surface area (Å²) < 4.78 is 0.948. The van der Waals surface area contributed by atoms with Crippen molar-refractivity contribution < 1.29 is 9.90 Å². The Labute approximate surface area is 117 Å². The van der Waals surface area contributed by atoms with Crippen LogP contribution in [0, 0.1) is 12.8 Å². The van der Waals surface area contributed by atoms with E-state index in [1.165, 1.54) is 0 Å². The van der Waals surface area contributed by atoms with Crippen molar-refractivity contribution in [2.24, 2.45) is 5.92 Å². The van der Waals surface area contributed by atoms with E-state index in [9.17, 15) is 4.79 Å². The van der Waals surface area contributed by atoms with E-state index in [2.05, 4.69) is 21.2 Å². The van der Waals surface area contributed by atoms with Crippen molar-refractivity contribution in [1.82, 2.24) is 5.32 Å². The Kier molecular flexibility index (Phi) is 6.36. The number of hydrogen-bond donors (Lipinski definition) is 2. The number of aryl methyl sites for hydroxylation is 1. The largest absolute Gasteiger partial charge is 0.396 e. The van der Waals surface area contributed by atoms with Gasteiger partial charge in [0.25, 0.3) is 5.91 Å². The molecule has 2 N–H and O–H groups in total. The van der Waals surface area contributed by atoms with Gasteiger partial charge in [-0.25, -0.2) is 0 Å². The van der Waals surface area contributed by atoms with Crippen LogP contribution in [0.2, 0.25) is 0 Å². The average Bonchev–Trinajstić information content (AvgIpc) is 2.37. The van der Waals surface area contributed by atoms with Crippen LogP contribution in [-0.4, -0.2) is 24.2 Å². The molecule has 4 heteroatoms. The van der Waals surface area contributed by atoms with E-state index in [0.29, 0.717) is 18.0 Å². The standard InChI is InChI=1S/C14H20BrNO2/c1-10(9-17)4-3-7-16-14(18)12-6-5-11(2)13(15)8-12/h5-6,8,10,17H,3-4,7,9H2,1-2H3,(H,16,18). The Morgan fingerprint density at radius 3 is 2.83 bits per heavy atom. The number of aliphatic hydroxyl groups is 1. The number of hydrogen-bond acceptors (Lipinski definition) is 2. The number of rotatable bonds is 6. The molecule has 1 atom stereocenters. The van der Waals surface area contributed by atoms with Crippen molar-refractivity contribution in [2.45, 2.75) is 26.7 Å². The zero-order chi connectivity index (χ0) is 13.5. The summed E-state index contributed by atoms with van der Waals surface area (Å²) in [6, 6.07) is 5.58. The first kappa shape index (κ1) is 15.2. The zero-order valence-electron chi connectivity index (χ0n) is 10.9. The summed E-state index contributed by atoms with van der Waals surface area (Å²) in [7, 11) is 0. The average molecular weight is 314 g/mol. The molecule has 0 radical (unpaired) electrons. The number of amides is 1. The maximum absolute atomic E-state index is 11.8. The van der Waals surface area contributed by atoms with E-state index in [0.717, 1.165) is 22.9 Å². The van der Waals surface area contributed by atoms with E-state index >= 15 is 0 Å². The summed E-state index contributed by atoms with van der Waals surface area (Å²) in [6.07, 6.45) is 1.81. The molecule has 0 fully saturated rings. The first-order valence-corrected chi connectivity index (χ1v) is 6.99. The number of halogens is 1. The molecule has 1 aromatic rings. The number of carbonyl (C=O) groups is 1. The van der Waals surface area contributed by atoms with Crippen molar-refractivity contribution in [2.75, 3.05) is 13.2 Å². The Morgan fingerprint density at radius 1 is 1.50 bits per heavy atom. The van der Waals surface area contributed by atoms with E-state index in [1.54, 1.807) is 0 Å². The maximum Gasteiger partial charge on any atom is 0.251 e. The highest BCUT2D eigenvalue weighted by Crippen LogP contribution is 2.17. The highest BCUT2D eigenvalue weighted by atomic mass is 79.9. The van der Waals surface area contributed by atoms with Crippen molar-refractivity contribution >= 4 is 21.8 Å². The van der Waals surface area contributed by atoms with Gasteiger partial charge in [-0.1, -0.05) is 28.9 Å². The van der Waals surface area contributed by atoms with Crippen LogP contribution in [0.15, 0.2) is 22.7 Å². The molecule has 18 heavy (non-hydrogen) atoms. The summed E-state index contributed by atoms with van der Waals surface area (Å²) in [5, 5.41) is 11.8. The molecule has 0 aromatic heterocycles.